The Hall–Kier alpha value is -1.13. The van der Waals surface area contributed by atoms with Gasteiger partial charge in [0.1, 0.15) is 6.23 Å². The highest BCUT2D eigenvalue weighted by atomic mass is 16.6. The molecule has 0 spiro atoms. The smallest absolute Gasteiger partial charge is 0.252 e. The second kappa shape index (κ2) is 5.47. The van der Waals surface area contributed by atoms with Crippen LogP contribution in [0.4, 0.5) is 0 Å². The molecule has 0 aromatic carbocycles. The van der Waals surface area contributed by atoms with Crippen molar-refractivity contribution >= 4 is 0 Å². The molecule has 94 valence electrons. The monoisotopic (exact) mass is 237 g/mol. The minimum Gasteiger partial charge on any atom is -0.376 e. The first-order chi connectivity index (χ1) is 8.16. The molecule has 1 fully saturated rings. The molecular formula is C13H19NO3. The molecule has 4 nitrogen and oxygen atoms in total. The van der Waals surface area contributed by atoms with Crippen molar-refractivity contribution < 1.29 is 9.47 Å². The van der Waals surface area contributed by atoms with E-state index in [9.17, 15) is 4.79 Å². The van der Waals surface area contributed by atoms with E-state index in [0.717, 1.165) is 12.8 Å². The largest absolute Gasteiger partial charge is 0.376 e. The second-order valence-electron chi connectivity index (χ2n) is 4.62. The molecule has 1 saturated heterocycles. The van der Waals surface area contributed by atoms with Gasteiger partial charge < -0.3 is 9.47 Å². The molecule has 1 aliphatic heterocycles. The van der Waals surface area contributed by atoms with Crippen molar-refractivity contribution in [1.29, 1.82) is 0 Å². The number of rotatable bonds is 4. The fraction of sp³-hybridized carbons (Fsp3) is 0.615. The first-order valence-electron chi connectivity index (χ1n) is 6.11. The van der Waals surface area contributed by atoms with E-state index in [1.807, 2.05) is 19.9 Å². The summed E-state index contributed by atoms with van der Waals surface area (Å²) in [5.74, 6) is 0. The van der Waals surface area contributed by atoms with E-state index in [1.54, 1.807) is 22.9 Å². The van der Waals surface area contributed by atoms with Crippen LogP contribution in [0, 0.1) is 0 Å². The van der Waals surface area contributed by atoms with Crippen LogP contribution in [-0.4, -0.2) is 23.4 Å². The van der Waals surface area contributed by atoms with Crippen molar-refractivity contribution in [1.82, 2.24) is 4.57 Å². The number of hydrogen-bond donors (Lipinski definition) is 0. The van der Waals surface area contributed by atoms with Gasteiger partial charge in [0, 0.05) is 12.3 Å². The molecule has 0 radical (unpaired) electrons. The summed E-state index contributed by atoms with van der Waals surface area (Å²) < 4.78 is 13.0. The molecule has 17 heavy (non-hydrogen) atoms. The van der Waals surface area contributed by atoms with Crippen molar-refractivity contribution in [3.8, 4) is 0 Å². The summed E-state index contributed by atoms with van der Waals surface area (Å²) >= 11 is 0. The molecule has 1 aromatic rings. The Bertz CT molecular complexity index is 413. The molecule has 2 unspecified atom stereocenters. The quantitative estimate of drug-likeness (QED) is 0.803. The molecule has 0 aliphatic carbocycles. The van der Waals surface area contributed by atoms with E-state index in [-0.39, 0.29) is 24.0 Å². The number of ether oxygens (including phenoxy) is 2. The lowest BCUT2D eigenvalue weighted by molar-refractivity contribution is -0.0548. The molecule has 1 aromatic heterocycles. The molecule has 4 heteroatoms. The molecule has 2 heterocycles. The second-order valence-corrected chi connectivity index (χ2v) is 4.62. The highest BCUT2D eigenvalue weighted by Crippen LogP contribution is 2.27. The van der Waals surface area contributed by atoms with Crippen molar-refractivity contribution in [3.05, 3.63) is 34.7 Å². The summed E-state index contributed by atoms with van der Waals surface area (Å²) in [6.07, 6.45) is 3.78. The van der Waals surface area contributed by atoms with Gasteiger partial charge in [0.2, 0.25) is 0 Å². The molecule has 0 saturated carbocycles. The topological polar surface area (TPSA) is 40.5 Å². The third-order valence-corrected chi connectivity index (χ3v) is 2.86. The molecular weight excluding hydrogens is 218 g/mol. The van der Waals surface area contributed by atoms with Crippen LogP contribution < -0.4 is 5.56 Å². The summed E-state index contributed by atoms with van der Waals surface area (Å²) in [7, 11) is 0. The number of pyridine rings is 1. The van der Waals surface area contributed by atoms with Crippen molar-refractivity contribution in [3.63, 3.8) is 0 Å². The third-order valence-electron chi connectivity index (χ3n) is 2.86. The molecule has 1 aliphatic rings. The molecule has 0 amide bonds. The number of nitrogens with zero attached hydrogens (tertiary/aromatic N) is 1. The predicted octanol–water partition coefficient (Wildman–Crippen LogP) is 1.95. The first-order valence-corrected chi connectivity index (χ1v) is 6.11. The van der Waals surface area contributed by atoms with Gasteiger partial charge in [-0.15, -0.1) is 0 Å². The van der Waals surface area contributed by atoms with Gasteiger partial charge in [0.05, 0.1) is 18.8 Å². The summed E-state index contributed by atoms with van der Waals surface area (Å²) in [5.41, 5.74) is -0.0112. The highest BCUT2D eigenvalue weighted by molar-refractivity contribution is 4.95. The van der Waals surface area contributed by atoms with Gasteiger partial charge in [0.25, 0.3) is 5.56 Å². The lowest BCUT2D eigenvalue weighted by Gasteiger charge is -2.16. The lowest BCUT2D eigenvalue weighted by atomic mass is 10.2. The Labute approximate surface area is 101 Å². The van der Waals surface area contributed by atoms with E-state index < -0.39 is 0 Å². The molecule has 0 bridgehead atoms. The van der Waals surface area contributed by atoms with Crippen molar-refractivity contribution in [2.75, 3.05) is 6.61 Å². The maximum Gasteiger partial charge on any atom is 0.252 e. The lowest BCUT2D eigenvalue weighted by Crippen LogP contribution is -2.24. The highest BCUT2D eigenvalue weighted by Gasteiger charge is 2.27. The van der Waals surface area contributed by atoms with Gasteiger partial charge >= 0.3 is 0 Å². The summed E-state index contributed by atoms with van der Waals surface area (Å²) in [4.78, 5) is 11.6. The van der Waals surface area contributed by atoms with Crippen LogP contribution in [0.5, 0.6) is 0 Å². The van der Waals surface area contributed by atoms with E-state index in [2.05, 4.69) is 0 Å². The maximum atomic E-state index is 11.6. The van der Waals surface area contributed by atoms with Crippen LogP contribution in [0.2, 0.25) is 0 Å². The van der Waals surface area contributed by atoms with Gasteiger partial charge in [-0.2, -0.15) is 0 Å². The van der Waals surface area contributed by atoms with Crippen molar-refractivity contribution in [2.45, 2.75) is 45.1 Å². The van der Waals surface area contributed by atoms with E-state index in [4.69, 9.17) is 9.47 Å². The zero-order valence-corrected chi connectivity index (χ0v) is 10.3. The minimum absolute atomic E-state index is 0.0112. The Morgan fingerprint density at radius 2 is 2.29 bits per heavy atom. The molecule has 0 N–H and O–H groups in total. The maximum absolute atomic E-state index is 11.6. The average Bonchev–Trinajstić information content (AvgIpc) is 2.75. The molecule has 2 rings (SSSR count). The minimum atomic E-state index is -0.135. The summed E-state index contributed by atoms with van der Waals surface area (Å²) in [6, 6.07) is 5.15. The SMILES string of the molecule is CC(C)OCC1CCC(n2ccccc2=O)O1. The van der Waals surface area contributed by atoms with Gasteiger partial charge in [0.15, 0.2) is 0 Å². The zero-order chi connectivity index (χ0) is 12.3. The Morgan fingerprint density at radius 3 is 3.00 bits per heavy atom. The molecule has 2 atom stereocenters. The number of hydrogen-bond acceptors (Lipinski definition) is 3. The fourth-order valence-corrected chi connectivity index (χ4v) is 1.99. The van der Waals surface area contributed by atoms with Crippen LogP contribution in [0.3, 0.4) is 0 Å². The van der Waals surface area contributed by atoms with E-state index >= 15 is 0 Å². The normalized spacial score (nSPS) is 24.4. The Balaban J connectivity index is 1.94. The van der Waals surface area contributed by atoms with Gasteiger partial charge in [-0.1, -0.05) is 6.07 Å². The van der Waals surface area contributed by atoms with Gasteiger partial charge in [-0.05, 0) is 32.8 Å². The standard InChI is InChI=1S/C13H19NO3/c1-10(2)16-9-11-6-7-13(17-11)14-8-4-3-5-12(14)15/h3-5,8,10-11,13H,6-7,9H2,1-2H3. The van der Waals surface area contributed by atoms with E-state index in [0.29, 0.717) is 6.61 Å². The summed E-state index contributed by atoms with van der Waals surface area (Å²) in [6.45, 7) is 4.62. The zero-order valence-electron chi connectivity index (χ0n) is 10.3. The fourth-order valence-electron chi connectivity index (χ4n) is 1.99. The van der Waals surface area contributed by atoms with Crippen LogP contribution in [0.15, 0.2) is 29.2 Å². The van der Waals surface area contributed by atoms with Crippen LogP contribution >= 0.6 is 0 Å². The summed E-state index contributed by atoms with van der Waals surface area (Å²) in [5, 5.41) is 0. The first kappa shape index (κ1) is 12.3. The van der Waals surface area contributed by atoms with Gasteiger partial charge in [-0.25, -0.2) is 0 Å². The van der Waals surface area contributed by atoms with Crippen LogP contribution in [-0.2, 0) is 9.47 Å². The predicted molar refractivity (Wildman–Crippen MR) is 64.9 cm³/mol. The van der Waals surface area contributed by atoms with E-state index in [1.165, 1.54) is 0 Å². The Morgan fingerprint density at radius 1 is 1.47 bits per heavy atom. The Kier molecular flexibility index (Phi) is 3.97. The van der Waals surface area contributed by atoms with Crippen LogP contribution in [0.25, 0.3) is 0 Å². The van der Waals surface area contributed by atoms with Crippen molar-refractivity contribution in [2.24, 2.45) is 0 Å². The average molecular weight is 237 g/mol. The van der Waals surface area contributed by atoms with Gasteiger partial charge in [-0.3, -0.25) is 9.36 Å². The third kappa shape index (κ3) is 3.17. The van der Waals surface area contributed by atoms with Crippen LogP contribution in [0.1, 0.15) is 32.9 Å². The number of aromatic nitrogens is 1.